The number of esters is 1. The van der Waals surface area contributed by atoms with Gasteiger partial charge in [-0.15, -0.1) is 0 Å². The summed E-state index contributed by atoms with van der Waals surface area (Å²) >= 11 is 0. The van der Waals surface area contributed by atoms with Gasteiger partial charge in [0.15, 0.2) is 0 Å². The van der Waals surface area contributed by atoms with Crippen molar-refractivity contribution < 1.29 is 37.3 Å². The topological polar surface area (TPSA) is 111 Å². The lowest BCUT2D eigenvalue weighted by Gasteiger charge is -2.27. The molecule has 1 amide bonds. The number of rotatable bonds is 65. The van der Waals surface area contributed by atoms with E-state index >= 15 is 0 Å². The second kappa shape index (κ2) is 66.3. The first-order valence-corrected chi connectivity index (χ1v) is 37.9. The Morgan fingerprint density at radius 1 is 0.409 bits per heavy atom. The van der Waals surface area contributed by atoms with Gasteiger partial charge in [-0.05, 0) is 122 Å². The Labute approximate surface area is 543 Å². The fraction of sp³-hybridized carbons (Fsp3) is 0.718. The van der Waals surface area contributed by atoms with Crippen molar-refractivity contribution in [2.24, 2.45) is 0 Å². The van der Waals surface area contributed by atoms with Gasteiger partial charge in [-0.25, -0.2) is 4.57 Å². The molecular formula is C78H138N2O7P+. The molecule has 506 valence electrons. The number of unbranched alkanes of at least 4 members (excludes halogenated alkanes) is 31. The van der Waals surface area contributed by atoms with Gasteiger partial charge in [0.05, 0.1) is 33.8 Å². The first kappa shape index (κ1) is 84.4. The molecule has 0 aromatic carbocycles. The second-order valence-electron chi connectivity index (χ2n) is 25.4. The Balaban J connectivity index is 5.08. The average Bonchev–Trinajstić information content (AvgIpc) is 3.71. The summed E-state index contributed by atoms with van der Waals surface area (Å²) < 4.78 is 30.8. The van der Waals surface area contributed by atoms with Crippen LogP contribution in [-0.4, -0.2) is 74.3 Å². The molecule has 0 saturated heterocycles. The molecule has 0 spiro atoms. The summed E-state index contributed by atoms with van der Waals surface area (Å²) in [5.41, 5.74) is 0. The zero-order valence-electron chi connectivity index (χ0n) is 57.9. The highest BCUT2D eigenvalue weighted by Gasteiger charge is 2.30. The Kier molecular flexibility index (Phi) is 63.6. The van der Waals surface area contributed by atoms with Crippen molar-refractivity contribution in [3.8, 4) is 0 Å². The van der Waals surface area contributed by atoms with Crippen LogP contribution < -0.4 is 5.32 Å². The average molecular weight is 1250 g/mol. The molecule has 2 N–H and O–H groups in total. The summed E-state index contributed by atoms with van der Waals surface area (Å²) in [6, 6.07) is -0.864. The molecule has 0 radical (unpaired) electrons. The Morgan fingerprint density at radius 3 is 1.11 bits per heavy atom. The van der Waals surface area contributed by atoms with E-state index in [2.05, 4.69) is 135 Å². The molecule has 0 aromatic heterocycles. The molecule has 0 bridgehead atoms. The quantitative estimate of drug-likeness (QED) is 0.0205. The van der Waals surface area contributed by atoms with E-state index < -0.39 is 20.0 Å². The van der Waals surface area contributed by atoms with E-state index in [1.807, 2.05) is 33.3 Å². The Bertz CT molecular complexity index is 1920. The SMILES string of the molecule is CC/C=C\C/C=C\C/C=C\C/C=C\C/C=C\CCCCCCCCCC(=O)OC(/C=C\CCCCCCCCCCCC)C(COP(=O)(O)OCC[N+](C)(C)C)NC(=O)CCCCCCCCCCCCC/C=C\C/C=C\C/C=C\C/C=C\CCCCC. The highest BCUT2D eigenvalue weighted by atomic mass is 31.2. The van der Waals surface area contributed by atoms with Gasteiger partial charge in [0.2, 0.25) is 5.91 Å². The first-order valence-electron chi connectivity index (χ1n) is 36.4. The minimum absolute atomic E-state index is 0.0322. The van der Waals surface area contributed by atoms with Gasteiger partial charge in [-0.3, -0.25) is 18.6 Å². The fourth-order valence-corrected chi connectivity index (χ4v) is 10.8. The predicted octanol–water partition coefficient (Wildman–Crippen LogP) is 23.4. The molecule has 0 fully saturated rings. The molecule has 0 saturated carbocycles. The van der Waals surface area contributed by atoms with E-state index in [-0.39, 0.29) is 31.5 Å². The molecular weight excluding hydrogens is 1110 g/mol. The molecule has 0 aromatic rings. The third kappa shape index (κ3) is 66.8. The van der Waals surface area contributed by atoms with Gasteiger partial charge in [0.25, 0.3) is 0 Å². The smallest absolute Gasteiger partial charge is 0.456 e. The van der Waals surface area contributed by atoms with Gasteiger partial charge in [-0.2, -0.15) is 0 Å². The van der Waals surface area contributed by atoms with Crippen LogP contribution in [0.15, 0.2) is 122 Å². The van der Waals surface area contributed by atoms with E-state index in [0.29, 0.717) is 17.4 Å². The maximum atomic E-state index is 13.6. The predicted molar refractivity (Wildman–Crippen MR) is 383 cm³/mol. The van der Waals surface area contributed by atoms with Crippen LogP contribution in [0.3, 0.4) is 0 Å². The van der Waals surface area contributed by atoms with Crippen LogP contribution in [0.1, 0.15) is 310 Å². The zero-order chi connectivity index (χ0) is 64.2. The molecule has 0 aliphatic rings. The van der Waals surface area contributed by atoms with Crippen molar-refractivity contribution in [2.45, 2.75) is 322 Å². The number of ether oxygens (including phenoxy) is 1. The highest BCUT2D eigenvalue weighted by Crippen LogP contribution is 2.43. The van der Waals surface area contributed by atoms with Gasteiger partial charge in [0, 0.05) is 12.8 Å². The van der Waals surface area contributed by atoms with Crippen molar-refractivity contribution in [3.05, 3.63) is 122 Å². The Hall–Kier alpha value is -3.59. The lowest BCUT2D eigenvalue weighted by molar-refractivity contribution is -0.870. The van der Waals surface area contributed by atoms with Crippen LogP contribution in [0.2, 0.25) is 0 Å². The van der Waals surface area contributed by atoms with Crippen LogP contribution in [0.5, 0.6) is 0 Å². The largest absolute Gasteiger partial charge is 0.472 e. The summed E-state index contributed by atoms with van der Waals surface area (Å²) in [6.07, 6.45) is 93.5. The van der Waals surface area contributed by atoms with Gasteiger partial charge in [-0.1, -0.05) is 297 Å². The number of likely N-dealkylation sites (N-methyl/N-ethyl adjacent to an activating group) is 1. The molecule has 3 unspecified atom stereocenters. The third-order valence-corrected chi connectivity index (χ3v) is 16.6. The molecule has 0 rings (SSSR count). The molecule has 10 heteroatoms. The van der Waals surface area contributed by atoms with E-state index in [9.17, 15) is 19.0 Å². The van der Waals surface area contributed by atoms with Gasteiger partial charge < -0.3 is 19.4 Å². The number of hydrogen-bond acceptors (Lipinski definition) is 6. The molecule has 0 heterocycles. The number of phosphoric acid groups is 1. The lowest BCUT2D eigenvalue weighted by atomic mass is 10.0. The number of carbonyl (C=O) groups is 2. The zero-order valence-corrected chi connectivity index (χ0v) is 58.8. The lowest BCUT2D eigenvalue weighted by Crippen LogP contribution is -2.47. The van der Waals surface area contributed by atoms with Crippen molar-refractivity contribution in [1.29, 1.82) is 0 Å². The van der Waals surface area contributed by atoms with E-state index in [4.69, 9.17) is 13.8 Å². The fourth-order valence-electron chi connectivity index (χ4n) is 10.1. The number of allylic oxidation sites excluding steroid dienone is 19. The van der Waals surface area contributed by atoms with E-state index in [0.717, 1.165) is 122 Å². The third-order valence-electron chi connectivity index (χ3n) is 15.6. The van der Waals surface area contributed by atoms with Crippen LogP contribution in [0, 0.1) is 0 Å². The number of nitrogens with one attached hydrogen (secondary N) is 1. The minimum Gasteiger partial charge on any atom is -0.456 e. The van der Waals surface area contributed by atoms with E-state index in [1.165, 1.54) is 154 Å². The summed E-state index contributed by atoms with van der Waals surface area (Å²) in [6.45, 7) is 6.87. The number of phosphoric ester groups is 1. The Morgan fingerprint density at radius 2 is 0.727 bits per heavy atom. The number of amides is 1. The number of quaternary nitrogens is 1. The monoisotopic (exact) mass is 1250 g/mol. The van der Waals surface area contributed by atoms with Crippen molar-refractivity contribution in [3.63, 3.8) is 0 Å². The van der Waals surface area contributed by atoms with Gasteiger partial charge in [0.1, 0.15) is 19.3 Å². The van der Waals surface area contributed by atoms with Crippen LogP contribution >= 0.6 is 7.82 Å². The normalized spacial score (nSPS) is 14.2. The summed E-state index contributed by atoms with van der Waals surface area (Å²) in [4.78, 5) is 37.9. The molecule has 9 nitrogen and oxygen atoms in total. The molecule has 3 atom stereocenters. The standard InChI is InChI=1S/C78H137N2O7P/c1-7-10-13-16-19-22-25-28-30-32-34-36-38-39-40-41-43-44-46-48-50-52-55-58-61-64-67-70-77(81)79-75(74-86-88(83,84)85-73-72-80(4,5)6)76(69-66-63-60-57-54-27-24-21-18-15-12-9-3)87-78(82)71-68-65-62-59-56-53-51-49-47-45-42-37-35-33-31-29-26-23-20-17-14-11-8-2/h11,14,19-20,22-23,28-31,34-37,39-40,45,47,66,69,75-76H,7-10,12-13,15-18,21,24-27,32-33,38,41-44,46,48-65,67-68,70-74H2,1-6H3,(H-,79,81,83,84)/p+1/b14-11-,22-19-,23-20-,30-28-,31-29-,36-34-,37-35-,40-39-,47-45-,69-66-. The molecule has 0 aliphatic heterocycles. The van der Waals surface area contributed by atoms with Crippen molar-refractivity contribution >= 4 is 19.7 Å². The highest BCUT2D eigenvalue weighted by molar-refractivity contribution is 7.47. The second-order valence-corrected chi connectivity index (χ2v) is 26.8. The molecule has 88 heavy (non-hydrogen) atoms. The van der Waals surface area contributed by atoms with E-state index in [1.54, 1.807) is 0 Å². The summed E-state index contributed by atoms with van der Waals surface area (Å²) in [7, 11) is 1.48. The van der Waals surface area contributed by atoms with Crippen molar-refractivity contribution in [1.82, 2.24) is 5.32 Å². The van der Waals surface area contributed by atoms with Crippen molar-refractivity contribution in [2.75, 3.05) is 40.9 Å². The number of carbonyl (C=O) groups excluding carboxylic acids is 2. The maximum absolute atomic E-state index is 13.6. The minimum atomic E-state index is -4.47. The molecule has 0 aliphatic carbocycles. The number of nitrogens with zero attached hydrogens (tertiary/aromatic N) is 1. The first-order chi connectivity index (χ1) is 42.9. The maximum Gasteiger partial charge on any atom is 0.472 e. The van der Waals surface area contributed by atoms with Crippen LogP contribution in [-0.2, 0) is 27.9 Å². The number of hydrogen-bond donors (Lipinski definition) is 2. The van der Waals surface area contributed by atoms with Crippen LogP contribution in [0.4, 0.5) is 0 Å². The summed E-state index contributed by atoms with van der Waals surface area (Å²) in [5, 5.41) is 3.07. The summed E-state index contributed by atoms with van der Waals surface area (Å²) in [5.74, 6) is -0.522. The van der Waals surface area contributed by atoms with Crippen LogP contribution in [0.25, 0.3) is 0 Å². The van der Waals surface area contributed by atoms with Gasteiger partial charge >= 0.3 is 13.8 Å².